The van der Waals surface area contributed by atoms with E-state index in [0.29, 0.717) is 0 Å². The van der Waals surface area contributed by atoms with Crippen molar-refractivity contribution in [3.8, 4) is 0 Å². The fraction of sp³-hybridized carbons (Fsp3) is 0.375. The average molecular weight is 409 g/mol. The number of halogens is 3. The fourth-order valence-corrected chi connectivity index (χ4v) is 4.63. The molecule has 0 heterocycles. The van der Waals surface area contributed by atoms with Gasteiger partial charge in [-0.25, -0.2) is 0 Å². The summed E-state index contributed by atoms with van der Waals surface area (Å²) in [5, 5.41) is -1.26. The maximum Gasteiger partial charge on any atom is 0.282 e. The number of rotatable bonds is 3. The Balaban J connectivity index is 2.67. The van der Waals surface area contributed by atoms with Crippen LogP contribution in [0.25, 0.3) is 0 Å². The van der Waals surface area contributed by atoms with Gasteiger partial charge < -0.3 is 0 Å². The lowest BCUT2D eigenvalue weighted by Crippen LogP contribution is -2.53. The first kappa shape index (κ1) is 19.4. The summed E-state index contributed by atoms with van der Waals surface area (Å²) in [5.74, 6) is -0.893. The molecule has 1 aromatic carbocycles. The van der Waals surface area contributed by atoms with Crippen LogP contribution in [0, 0.1) is 5.92 Å². The molecule has 0 aromatic heterocycles. The van der Waals surface area contributed by atoms with Crippen LogP contribution in [-0.4, -0.2) is 30.2 Å². The van der Waals surface area contributed by atoms with E-state index in [9.17, 15) is 13.2 Å². The molecule has 2 unspecified atom stereocenters. The van der Waals surface area contributed by atoms with Crippen molar-refractivity contribution in [2.45, 2.75) is 35.9 Å². The summed E-state index contributed by atoms with van der Waals surface area (Å²) in [4.78, 5) is 10.9. The zero-order valence-corrected chi connectivity index (χ0v) is 16.3. The number of hydrogen-bond donors (Lipinski definition) is 0. The maximum absolute atomic E-state index is 12.5. The number of benzene rings is 1. The van der Waals surface area contributed by atoms with Crippen LogP contribution in [-0.2, 0) is 14.8 Å². The van der Waals surface area contributed by atoms with Gasteiger partial charge in [0.05, 0.1) is 15.6 Å². The van der Waals surface area contributed by atoms with Gasteiger partial charge in [-0.3, -0.25) is 4.79 Å². The van der Waals surface area contributed by atoms with Gasteiger partial charge in [0, 0.05) is 0 Å². The molecule has 0 radical (unpaired) electrons. The summed E-state index contributed by atoms with van der Waals surface area (Å²) in [6.07, 6.45) is 0. The third kappa shape index (κ3) is 3.15. The first-order valence-electron chi connectivity index (χ1n) is 7.18. The second kappa shape index (κ2) is 6.79. The zero-order chi connectivity index (χ0) is 18.3. The molecular formula is C16H16Cl3NO3S. The quantitative estimate of drug-likeness (QED) is 0.706. The Morgan fingerprint density at radius 1 is 1.21 bits per heavy atom. The van der Waals surface area contributed by atoms with E-state index in [-0.39, 0.29) is 27.1 Å². The molecule has 2 atom stereocenters. The molecule has 0 saturated carbocycles. The minimum atomic E-state index is -4.00. The number of hydrogen-bond acceptors (Lipinski definition) is 3. The number of carbonyl (C=O) groups excluding carboxylic acids is 1. The molecule has 0 bridgehead atoms. The molecule has 0 spiro atoms. The number of ketones is 1. The smallest absolute Gasteiger partial charge is 0.282 e. The average Bonchev–Trinajstić information content (AvgIpc) is 2.55. The van der Waals surface area contributed by atoms with Gasteiger partial charge in [-0.05, 0) is 30.5 Å². The van der Waals surface area contributed by atoms with Crippen molar-refractivity contribution >= 4 is 56.3 Å². The third-order valence-electron chi connectivity index (χ3n) is 3.97. The summed E-state index contributed by atoms with van der Waals surface area (Å²) >= 11 is 18.9. The van der Waals surface area contributed by atoms with E-state index in [4.69, 9.17) is 34.8 Å². The number of carbonyl (C=O) groups is 1. The van der Waals surface area contributed by atoms with E-state index < -0.39 is 26.1 Å². The van der Waals surface area contributed by atoms with Gasteiger partial charge >= 0.3 is 0 Å². The lowest BCUT2D eigenvalue weighted by atomic mass is 9.79. The van der Waals surface area contributed by atoms with Crippen molar-refractivity contribution in [2.75, 3.05) is 0 Å². The highest BCUT2D eigenvalue weighted by Gasteiger charge is 2.53. The molecule has 8 heteroatoms. The van der Waals surface area contributed by atoms with Crippen molar-refractivity contribution < 1.29 is 13.2 Å². The van der Waals surface area contributed by atoms with Crippen molar-refractivity contribution in [1.82, 2.24) is 0 Å². The minimum Gasteiger partial charge on any atom is -0.291 e. The summed E-state index contributed by atoms with van der Waals surface area (Å²) in [6.45, 7) is 4.94. The molecule has 130 valence electrons. The fourth-order valence-electron chi connectivity index (χ4n) is 2.40. The van der Waals surface area contributed by atoms with Gasteiger partial charge in [0.1, 0.15) is 10.3 Å². The van der Waals surface area contributed by atoms with Crippen LogP contribution in [0.2, 0.25) is 0 Å². The van der Waals surface area contributed by atoms with Gasteiger partial charge in [0.15, 0.2) is 5.78 Å². The lowest BCUT2D eigenvalue weighted by molar-refractivity contribution is -0.118. The normalized spacial score (nSPS) is 27.2. The third-order valence-corrected chi connectivity index (χ3v) is 7.22. The van der Waals surface area contributed by atoms with Crippen molar-refractivity contribution in [1.29, 1.82) is 0 Å². The Morgan fingerprint density at radius 3 is 2.25 bits per heavy atom. The molecule has 0 fully saturated rings. The van der Waals surface area contributed by atoms with E-state index in [1.54, 1.807) is 32.0 Å². The Bertz CT molecular complexity index is 831. The SMILES string of the molecule is CC1=C(Cl)C(=O)C(Cl)(C(C)C)C(Cl)/C1=N/S(=O)(=O)c1ccccc1. The molecule has 1 aliphatic carbocycles. The predicted molar refractivity (Wildman–Crippen MR) is 97.7 cm³/mol. The topological polar surface area (TPSA) is 63.6 Å². The Hall–Kier alpha value is -0.880. The summed E-state index contributed by atoms with van der Waals surface area (Å²) in [5.41, 5.74) is 0.215. The van der Waals surface area contributed by atoms with Crippen molar-refractivity contribution in [2.24, 2.45) is 10.3 Å². The van der Waals surface area contributed by atoms with Crippen LogP contribution in [0.15, 0.2) is 50.2 Å². The summed E-state index contributed by atoms with van der Waals surface area (Å²) in [7, 11) is -4.00. The second-order valence-electron chi connectivity index (χ2n) is 5.82. The van der Waals surface area contributed by atoms with E-state index in [1.165, 1.54) is 19.1 Å². The molecule has 1 aliphatic rings. The molecule has 0 saturated heterocycles. The van der Waals surface area contributed by atoms with Gasteiger partial charge in [-0.1, -0.05) is 43.6 Å². The standard InChI is InChI=1S/C16H16Cl3NO3S/c1-9(2)16(19)14(18)13(10(3)12(17)15(16)21)20-24(22,23)11-7-5-4-6-8-11/h4-9,14H,1-3H3/b20-13+. The molecule has 2 rings (SSSR count). The van der Waals surface area contributed by atoms with Crippen LogP contribution in [0.3, 0.4) is 0 Å². The molecule has 0 amide bonds. The monoisotopic (exact) mass is 407 g/mol. The number of nitrogens with zero attached hydrogens (tertiary/aromatic N) is 1. The first-order chi connectivity index (χ1) is 11.0. The van der Waals surface area contributed by atoms with Crippen LogP contribution < -0.4 is 0 Å². The molecule has 1 aromatic rings. The Morgan fingerprint density at radius 2 is 1.75 bits per heavy atom. The van der Waals surface area contributed by atoms with Crippen LogP contribution in [0.1, 0.15) is 20.8 Å². The Kier molecular flexibility index (Phi) is 5.50. The van der Waals surface area contributed by atoms with Gasteiger partial charge in [0.2, 0.25) is 0 Å². The maximum atomic E-state index is 12.5. The number of sulfonamides is 1. The zero-order valence-electron chi connectivity index (χ0n) is 13.3. The highest BCUT2D eigenvalue weighted by molar-refractivity contribution is 7.90. The van der Waals surface area contributed by atoms with E-state index in [2.05, 4.69) is 4.40 Å². The van der Waals surface area contributed by atoms with Crippen LogP contribution in [0.4, 0.5) is 0 Å². The molecule has 4 nitrogen and oxygen atoms in total. The van der Waals surface area contributed by atoms with E-state index >= 15 is 0 Å². The number of alkyl halides is 2. The largest absolute Gasteiger partial charge is 0.291 e. The molecule has 24 heavy (non-hydrogen) atoms. The number of Topliss-reactive ketones (excluding diaryl/α,β-unsaturated/α-hetero) is 1. The van der Waals surface area contributed by atoms with Gasteiger partial charge in [0.25, 0.3) is 10.0 Å². The van der Waals surface area contributed by atoms with E-state index in [1.807, 2.05) is 0 Å². The van der Waals surface area contributed by atoms with Crippen LogP contribution in [0.5, 0.6) is 0 Å². The van der Waals surface area contributed by atoms with Crippen molar-refractivity contribution in [3.63, 3.8) is 0 Å². The number of allylic oxidation sites excluding steroid dienone is 2. The highest BCUT2D eigenvalue weighted by Crippen LogP contribution is 2.43. The minimum absolute atomic E-state index is 0.00572. The predicted octanol–water partition coefficient (Wildman–Crippen LogP) is 4.15. The Labute approximate surface area is 156 Å². The lowest BCUT2D eigenvalue weighted by Gasteiger charge is -2.38. The van der Waals surface area contributed by atoms with Crippen molar-refractivity contribution in [3.05, 3.63) is 40.9 Å². The van der Waals surface area contributed by atoms with Gasteiger partial charge in [-0.15, -0.1) is 23.2 Å². The van der Waals surface area contributed by atoms with E-state index in [0.717, 1.165) is 0 Å². The summed E-state index contributed by atoms with van der Waals surface area (Å²) in [6, 6.07) is 7.72. The highest BCUT2D eigenvalue weighted by atomic mass is 35.5. The second-order valence-corrected chi connectivity index (χ2v) is 8.86. The molecule has 0 N–H and O–H groups in total. The van der Waals surface area contributed by atoms with Gasteiger partial charge in [-0.2, -0.15) is 12.8 Å². The molecule has 0 aliphatic heterocycles. The first-order valence-corrected chi connectivity index (χ1v) is 9.81. The molecular weight excluding hydrogens is 393 g/mol. The summed E-state index contributed by atoms with van der Waals surface area (Å²) < 4.78 is 28.9. The van der Waals surface area contributed by atoms with Crippen LogP contribution >= 0.6 is 34.8 Å².